The summed E-state index contributed by atoms with van der Waals surface area (Å²) in [6.07, 6.45) is 50.9. The Kier molecular flexibility index (Phi) is 42.9. The van der Waals surface area contributed by atoms with Crippen LogP contribution in [0.5, 0.6) is 0 Å². The van der Waals surface area contributed by atoms with Crippen molar-refractivity contribution in [3.63, 3.8) is 0 Å². The van der Waals surface area contributed by atoms with Gasteiger partial charge in [-0.05, 0) is 38.5 Å². The van der Waals surface area contributed by atoms with Gasteiger partial charge in [0.05, 0.1) is 34.4 Å². The van der Waals surface area contributed by atoms with Gasteiger partial charge in [-0.3, -0.25) is 13.8 Å². The number of carbonyl (C=O) groups excluding carboxylic acids is 1. The third-order valence-electron chi connectivity index (χ3n) is 11.0. The number of rotatable bonds is 47. The summed E-state index contributed by atoms with van der Waals surface area (Å²) in [7, 11) is 1.67. The van der Waals surface area contributed by atoms with Crippen molar-refractivity contribution in [1.29, 1.82) is 0 Å². The quantitative estimate of drug-likeness (QED) is 0.0214. The molecule has 0 fully saturated rings. The number of unbranched alkanes of at least 4 members (excludes halogenated alkanes) is 29. The van der Waals surface area contributed by atoms with Crippen LogP contribution in [0.3, 0.4) is 0 Å². The van der Waals surface area contributed by atoms with E-state index in [2.05, 4.69) is 38.2 Å². The molecule has 1 N–H and O–H groups in total. The lowest BCUT2D eigenvalue weighted by Crippen LogP contribution is -2.37. The molecule has 0 amide bonds. The summed E-state index contributed by atoms with van der Waals surface area (Å²) in [6.45, 7) is 5.58. The van der Waals surface area contributed by atoms with Gasteiger partial charge in [0.1, 0.15) is 19.3 Å². The minimum Gasteiger partial charge on any atom is -0.457 e. The molecule has 2 unspecified atom stereocenters. The zero-order chi connectivity index (χ0) is 43.4. The molecule has 8 nitrogen and oxygen atoms in total. The summed E-state index contributed by atoms with van der Waals surface area (Å²) in [6, 6.07) is 0. The maximum atomic E-state index is 12.7. The number of hydrogen-bond acceptors (Lipinski definition) is 6. The standard InChI is InChI=1S/C50H98NO7P/c1-6-8-10-12-14-16-18-20-21-22-23-24-25-26-27-28-29-30-32-34-36-38-40-42-45-55-47-49(48-57-59(53,54)56-46-44-51(3,4)5)58-50(52)43-41-39-37-35-33-31-19-17-15-13-11-9-7-2/h11,13,17,19,49H,6-10,12,14-16,18,20-48H2,1-5H3/p+1/b13-11-,19-17-. The van der Waals surface area contributed by atoms with Crippen molar-refractivity contribution in [2.45, 2.75) is 238 Å². The fourth-order valence-corrected chi connectivity index (χ4v) is 7.86. The number of carbonyl (C=O) groups is 1. The first-order valence-corrected chi connectivity index (χ1v) is 26.6. The average Bonchev–Trinajstić information content (AvgIpc) is 3.19. The summed E-state index contributed by atoms with van der Waals surface area (Å²) < 4.78 is 35.1. The van der Waals surface area contributed by atoms with Gasteiger partial charge < -0.3 is 18.9 Å². The van der Waals surface area contributed by atoms with E-state index in [0.717, 1.165) is 64.2 Å². The van der Waals surface area contributed by atoms with Crippen molar-refractivity contribution in [1.82, 2.24) is 0 Å². The Hall–Kier alpha value is -1.02. The molecule has 350 valence electrons. The Labute approximate surface area is 366 Å². The Balaban J connectivity index is 4.04. The molecular weight excluding hydrogens is 758 g/mol. The van der Waals surface area contributed by atoms with Gasteiger partial charge >= 0.3 is 13.8 Å². The number of ether oxygens (including phenoxy) is 2. The van der Waals surface area contributed by atoms with Crippen LogP contribution in [0.4, 0.5) is 0 Å². The van der Waals surface area contributed by atoms with Crippen molar-refractivity contribution in [2.24, 2.45) is 0 Å². The van der Waals surface area contributed by atoms with Crippen LogP contribution in [0, 0.1) is 0 Å². The molecule has 0 bridgehead atoms. The van der Waals surface area contributed by atoms with E-state index in [1.807, 2.05) is 21.1 Å². The number of esters is 1. The van der Waals surface area contributed by atoms with Gasteiger partial charge in [-0.2, -0.15) is 0 Å². The van der Waals surface area contributed by atoms with Crippen LogP contribution in [0.15, 0.2) is 24.3 Å². The average molecular weight is 857 g/mol. The zero-order valence-electron chi connectivity index (χ0n) is 39.8. The Morgan fingerprint density at radius 1 is 0.525 bits per heavy atom. The van der Waals surface area contributed by atoms with Gasteiger partial charge in [0.15, 0.2) is 0 Å². The highest BCUT2D eigenvalue weighted by atomic mass is 31.2. The van der Waals surface area contributed by atoms with Gasteiger partial charge in [0.25, 0.3) is 0 Å². The molecule has 2 atom stereocenters. The fraction of sp³-hybridized carbons (Fsp3) is 0.900. The molecule has 0 aromatic heterocycles. The van der Waals surface area contributed by atoms with Crippen molar-refractivity contribution in [2.75, 3.05) is 54.1 Å². The molecule has 59 heavy (non-hydrogen) atoms. The summed E-state index contributed by atoms with van der Waals surface area (Å²) in [5.74, 6) is -0.324. The summed E-state index contributed by atoms with van der Waals surface area (Å²) in [5.41, 5.74) is 0. The minimum atomic E-state index is -4.28. The maximum Gasteiger partial charge on any atom is 0.472 e. The second kappa shape index (κ2) is 43.6. The summed E-state index contributed by atoms with van der Waals surface area (Å²) in [5, 5.41) is 0. The van der Waals surface area contributed by atoms with E-state index in [9.17, 15) is 14.3 Å². The molecule has 0 saturated carbocycles. The molecule has 0 rings (SSSR count). The molecule has 0 radical (unpaired) electrons. The predicted molar refractivity (Wildman–Crippen MR) is 252 cm³/mol. The number of nitrogens with zero attached hydrogens (tertiary/aromatic N) is 1. The predicted octanol–water partition coefficient (Wildman–Crippen LogP) is 15.2. The Morgan fingerprint density at radius 3 is 1.44 bits per heavy atom. The van der Waals surface area contributed by atoms with E-state index in [1.54, 1.807) is 0 Å². The minimum absolute atomic E-state index is 0.0878. The lowest BCUT2D eigenvalue weighted by molar-refractivity contribution is -0.870. The van der Waals surface area contributed by atoms with Crippen LogP contribution < -0.4 is 0 Å². The van der Waals surface area contributed by atoms with Gasteiger partial charge in [0.2, 0.25) is 0 Å². The largest absolute Gasteiger partial charge is 0.472 e. The molecular formula is C50H99NO7P+. The number of quaternary nitrogens is 1. The molecule has 9 heteroatoms. The first kappa shape index (κ1) is 58.0. The number of phosphoric ester groups is 1. The zero-order valence-corrected chi connectivity index (χ0v) is 40.6. The first-order valence-electron chi connectivity index (χ1n) is 25.1. The van der Waals surface area contributed by atoms with Crippen LogP contribution in [-0.2, 0) is 27.9 Å². The number of allylic oxidation sites excluding steroid dienone is 4. The second-order valence-corrected chi connectivity index (χ2v) is 19.7. The number of likely N-dealkylation sites (N-methyl/N-ethyl adjacent to an activating group) is 1. The van der Waals surface area contributed by atoms with Crippen molar-refractivity contribution in [3.05, 3.63) is 24.3 Å². The van der Waals surface area contributed by atoms with E-state index in [0.29, 0.717) is 24.1 Å². The Bertz CT molecular complexity index is 998. The highest BCUT2D eigenvalue weighted by Crippen LogP contribution is 2.43. The molecule has 0 saturated heterocycles. The first-order chi connectivity index (χ1) is 28.6. The lowest BCUT2D eigenvalue weighted by atomic mass is 10.0. The van der Waals surface area contributed by atoms with E-state index in [4.69, 9.17) is 18.5 Å². The SMILES string of the molecule is CCC/C=C\C/C=C\CCCCCCCC(=O)OC(COCCCCCCCCCCCCCCCCCCCCCCCCCC)COP(=O)(O)OCC[N+](C)(C)C. The van der Waals surface area contributed by atoms with E-state index < -0.39 is 13.9 Å². The molecule has 0 aliphatic carbocycles. The highest BCUT2D eigenvalue weighted by molar-refractivity contribution is 7.47. The molecule has 0 aliphatic rings. The van der Waals surface area contributed by atoms with E-state index in [1.165, 1.54) is 148 Å². The molecule has 0 aromatic carbocycles. The van der Waals surface area contributed by atoms with Crippen LogP contribution in [0.2, 0.25) is 0 Å². The third-order valence-corrected chi connectivity index (χ3v) is 12.0. The molecule has 0 spiro atoms. The molecule has 0 aromatic rings. The summed E-state index contributed by atoms with van der Waals surface area (Å²) >= 11 is 0. The fourth-order valence-electron chi connectivity index (χ4n) is 7.12. The normalized spacial score (nSPS) is 13.8. The van der Waals surface area contributed by atoms with E-state index >= 15 is 0 Å². The van der Waals surface area contributed by atoms with Crippen LogP contribution in [-0.4, -0.2) is 75.6 Å². The summed E-state index contributed by atoms with van der Waals surface area (Å²) in [4.78, 5) is 22.9. The van der Waals surface area contributed by atoms with Gasteiger partial charge in [-0.15, -0.1) is 0 Å². The third kappa shape index (κ3) is 47.9. The highest BCUT2D eigenvalue weighted by Gasteiger charge is 2.26. The molecule has 0 aliphatic heterocycles. The van der Waals surface area contributed by atoms with Gasteiger partial charge in [-0.25, -0.2) is 4.57 Å². The van der Waals surface area contributed by atoms with Crippen molar-refractivity contribution >= 4 is 13.8 Å². The van der Waals surface area contributed by atoms with E-state index in [-0.39, 0.29) is 25.8 Å². The van der Waals surface area contributed by atoms with Gasteiger partial charge in [-0.1, -0.05) is 212 Å². The van der Waals surface area contributed by atoms with Crippen molar-refractivity contribution in [3.8, 4) is 0 Å². The second-order valence-electron chi connectivity index (χ2n) is 18.2. The van der Waals surface area contributed by atoms with Crippen LogP contribution in [0.25, 0.3) is 0 Å². The van der Waals surface area contributed by atoms with Crippen LogP contribution >= 0.6 is 7.82 Å². The van der Waals surface area contributed by atoms with Gasteiger partial charge in [0, 0.05) is 13.0 Å². The topological polar surface area (TPSA) is 91.3 Å². The number of phosphoric acid groups is 1. The maximum absolute atomic E-state index is 12.7. The number of hydrogen-bond donors (Lipinski definition) is 1. The van der Waals surface area contributed by atoms with Crippen LogP contribution in [0.1, 0.15) is 232 Å². The molecule has 0 heterocycles. The smallest absolute Gasteiger partial charge is 0.457 e. The monoisotopic (exact) mass is 857 g/mol. The Morgan fingerprint density at radius 2 is 0.966 bits per heavy atom. The lowest BCUT2D eigenvalue weighted by Gasteiger charge is -2.24. The van der Waals surface area contributed by atoms with Crippen molar-refractivity contribution < 1.29 is 37.3 Å².